The van der Waals surface area contributed by atoms with Crippen LogP contribution < -0.4 is 5.32 Å². The van der Waals surface area contributed by atoms with Crippen LogP contribution in [0.1, 0.15) is 13.8 Å². The molecule has 5 nitrogen and oxygen atoms in total. The van der Waals surface area contributed by atoms with Crippen LogP contribution >= 0.6 is 15.9 Å². The summed E-state index contributed by atoms with van der Waals surface area (Å²) < 4.78 is 14.4. The van der Waals surface area contributed by atoms with E-state index in [0.29, 0.717) is 30.7 Å². The average Bonchev–Trinajstić information content (AvgIpc) is 2.49. The summed E-state index contributed by atoms with van der Waals surface area (Å²) in [5.41, 5.74) is 0.169. The largest absolute Gasteiger partial charge is 0.340 e. The zero-order valence-corrected chi connectivity index (χ0v) is 14.2. The fourth-order valence-corrected chi connectivity index (χ4v) is 2.75. The molecule has 1 aromatic rings. The van der Waals surface area contributed by atoms with Gasteiger partial charge in [-0.1, -0.05) is 15.9 Å². The molecular formula is C15H19BrFN3O2. The predicted molar refractivity (Wildman–Crippen MR) is 86.0 cm³/mol. The van der Waals surface area contributed by atoms with Gasteiger partial charge in [-0.15, -0.1) is 0 Å². The third-order valence-electron chi connectivity index (χ3n) is 3.88. The molecule has 1 fully saturated rings. The SMILES string of the molecule is CC(=O)N1CCN([C@H](C)C(=O)Nc2ccc(Br)cc2F)CC1. The maximum atomic E-state index is 13.8. The van der Waals surface area contributed by atoms with E-state index in [-0.39, 0.29) is 23.5 Å². The van der Waals surface area contributed by atoms with Gasteiger partial charge in [-0.25, -0.2) is 4.39 Å². The molecule has 2 amide bonds. The van der Waals surface area contributed by atoms with Crippen LogP contribution in [0.15, 0.2) is 22.7 Å². The molecule has 2 rings (SSSR count). The van der Waals surface area contributed by atoms with E-state index in [9.17, 15) is 14.0 Å². The van der Waals surface area contributed by atoms with Crippen LogP contribution in [0.2, 0.25) is 0 Å². The molecule has 1 N–H and O–H groups in total. The number of benzene rings is 1. The molecule has 1 atom stereocenters. The molecule has 0 spiro atoms. The highest BCUT2D eigenvalue weighted by atomic mass is 79.9. The van der Waals surface area contributed by atoms with Crippen LogP contribution in [0.4, 0.5) is 10.1 Å². The van der Waals surface area contributed by atoms with E-state index >= 15 is 0 Å². The zero-order chi connectivity index (χ0) is 16.3. The van der Waals surface area contributed by atoms with Crippen molar-refractivity contribution in [1.29, 1.82) is 0 Å². The lowest BCUT2D eigenvalue weighted by Gasteiger charge is -2.37. The molecule has 1 aromatic carbocycles. The van der Waals surface area contributed by atoms with Gasteiger partial charge in [-0.05, 0) is 25.1 Å². The highest BCUT2D eigenvalue weighted by molar-refractivity contribution is 9.10. The molecule has 0 aromatic heterocycles. The van der Waals surface area contributed by atoms with Crippen LogP contribution in [-0.4, -0.2) is 53.8 Å². The van der Waals surface area contributed by atoms with Crippen LogP contribution in [-0.2, 0) is 9.59 Å². The Morgan fingerprint density at radius 3 is 2.45 bits per heavy atom. The fourth-order valence-electron chi connectivity index (χ4n) is 2.42. The van der Waals surface area contributed by atoms with Crippen molar-refractivity contribution in [2.45, 2.75) is 19.9 Å². The molecule has 0 radical (unpaired) electrons. The summed E-state index contributed by atoms with van der Waals surface area (Å²) in [5.74, 6) is -0.678. The van der Waals surface area contributed by atoms with Crippen molar-refractivity contribution in [3.63, 3.8) is 0 Å². The number of carbonyl (C=O) groups is 2. The van der Waals surface area contributed by atoms with Gasteiger partial charge in [0.05, 0.1) is 11.7 Å². The standard InChI is InChI=1S/C15H19BrFN3O2/c1-10(19-5-7-20(8-6-19)11(2)21)15(22)18-14-4-3-12(16)9-13(14)17/h3-4,9-10H,5-8H2,1-2H3,(H,18,22)/t10-/m1/s1. The zero-order valence-electron chi connectivity index (χ0n) is 12.6. The third kappa shape index (κ3) is 4.04. The molecule has 22 heavy (non-hydrogen) atoms. The van der Waals surface area contributed by atoms with Gasteiger partial charge in [0.15, 0.2) is 0 Å². The smallest absolute Gasteiger partial charge is 0.241 e. The summed E-state index contributed by atoms with van der Waals surface area (Å²) in [6.07, 6.45) is 0. The topological polar surface area (TPSA) is 52.7 Å². The Balaban J connectivity index is 1.94. The van der Waals surface area contributed by atoms with Crippen LogP contribution in [0.25, 0.3) is 0 Å². The number of rotatable bonds is 3. The van der Waals surface area contributed by atoms with E-state index in [1.54, 1.807) is 24.8 Å². The van der Waals surface area contributed by atoms with Gasteiger partial charge in [-0.3, -0.25) is 14.5 Å². The van der Waals surface area contributed by atoms with Gasteiger partial charge in [0.1, 0.15) is 5.82 Å². The average molecular weight is 372 g/mol. The first kappa shape index (κ1) is 16.9. The van der Waals surface area contributed by atoms with Crippen molar-refractivity contribution in [1.82, 2.24) is 9.80 Å². The second-order valence-corrected chi connectivity index (χ2v) is 6.25. The molecule has 0 unspecified atom stereocenters. The van der Waals surface area contributed by atoms with Gasteiger partial charge >= 0.3 is 0 Å². The Morgan fingerprint density at radius 2 is 1.91 bits per heavy atom. The predicted octanol–water partition coefficient (Wildman–Crippen LogP) is 2.08. The summed E-state index contributed by atoms with van der Waals surface area (Å²) in [6.45, 7) is 5.82. The molecule has 1 heterocycles. The Hall–Kier alpha value is -1.47. The number of amides is 2. The third-order valence-corrected chi connectivity index (χ3v) is 4.37. The number of hydrogen-bond acceptors (Lipinski definition) is 3. The summed E-state index contributed by atoms with van der Waals surface area (Å²) in [7, 11) is 0. The van der Waals surface area contributed by atoms with Crippen molar-refractivity contribution in [3.05, 3.63) is 28.5 Å². The highest BCUT2D eigenvalue weighted by Gasteiger charge is 2.26. The second-order valence-electron chi connectivity index (χ2n) is 5.33. The Labute approximate surface area is 137 Å². The minimum atomic E-state index is -0.476. The lowest BCUT2D eigenvalue weighted by atomic mass is 10.2. The number of carbonyl (C=O) groups excluding carboxylic acids is 2. The Bertz CT molecular complexity index is 574. The van der Waals surface area contributed by atoms with Crippen LogP contribution in [0, 0.1) is 5.82 Å². The van der Waals surface area contributed by atoms with Crippen LogP contribution in [0.5, 0.6) is 0 Å². The van der Waals surface area contributed by atoms with Crippen molar-refractivity contribution in [3.8, 4) is 0 Å². The Morgan fingerprint density at radius 1 is 1.27 bits per heavy atom. The molecule has 1 saturated heterocycles. The normalized spacial score (nSPS) is 17.2. The molecule has 0 bridgehead atoms. The first-order chi connectivity index (χ1) is 10.4. The summed E-state index contributed by atoms with van der Waals surface area (Å²) in [4.78, 5) is 27.3. The first-order valence-corrected chi connectivity index (χ1v) is 7.93. The van der Waals surface area contributed by atoms with Crippen molar-refractivity contribution >= 4 is 33.4 Å². The molecule has 7 heteroatoms. The monoisotopic (exact) mass is 371 g/mol. The maximum Gasteiger partial charge on any atom is 0.241 e. The molecule has 0 aliphatic carbocycles. The second kappa shape index (κ2) is 7.19. The van der Waals surface area contributed by atoms with Crippen LogP contribution in [0.3, 0.4) is 0 Å². The van der Waals surface area contributed by atoms with Crippen molar-refractivity contribution in [2.24, 2.45) is 0 Å². The number of nitrogens with one attached hydrogen (secondary N) is 1. The van der Waals surface area contributed by atoms with Gasteiger partial charge in [0.25, 0.3) is 0 Å². The minimum absolute atomic E-state index is 0.0497. The molecule has 1 aliphatic rings. The molecular weight excluding hydrogens is 353 g/mol. The number of hydrogen-bond donors (Lipinski definition) is 1. The Kier molecular flexibility index (Phi) is 5.52. The first-order valence-electron chi connectivity index (χ1n) is 7.14. The molecule has 120 valence electrons. The van der Waals surface area contributed by atoms with E-state index in [1.807, 2.05) is 4.90 Å². The van der Waals surface area contributed by atoms with Gasteiger partial charge in [-0.2, -0.15) is 0 Å². The van der Waals surface area contributed by atoms with Crippen molar-refractivity contribution < 1.29 is 14.0 Å². The quantitative estimate of drug-likeness (QED) is 0.884. The molecule has 0 saturated carbocycles. The number of anilines is 1. The summed E-state index contributed by atoms with van der Waals surface area (Å²) >= 11 is 3.18. The van der Waals surface area contributed by atoms with Gasteiger partial charge < -0.3 is 10.2 Å². The summed E-state index contributed by atoms with van der Waals surface area (Å²) in [5, 5.41) is 2.61. The lowest BCUT2D eigenvalue weighted by molar-refractivity contribution is -0.131. The van der Waals surface area contributed by atoms with E-state index < -0.39 is 5.82 Å². The van der Waals surface area contributed by atoms with E-state index in [2.05, 4.69) is 21.2 Å². The lowest BCUT2D eigenvalue weighted by Crippen LogP contribution is -2.53. The van der Waals surface area contributed by atoms with E-state index in [0.717, 1.165) is 0 Å². The number of halogens is 2. The van der Waals surface area contributed by atoms with Gasteiger partial charge in [0.2, 0.25) is 11.8 Å². The molecule has 1 aliphatic heterocycles. The van der Waals surface area contributed by atoms with Crippen molar-refractivity contribution in [2.75, 3.05) is 31.5 Å². The minimum Gasteiger partial charge on any atom is -0.340 e. The van der Waals surface area contributed by atoms with E-state index in [1.165, 1.54) is 12.1 Å². The highest BCUT2D eigenvalue weighted by Crippen LogP contribution is 2.20. The number of nitrogens with zero attached hydrogens (tertiary/aromatic N) is 2. The fraction of sp³-hybridized carbons (Fsp3) is 0.467. The summed E-state index contributed by atoms with van der Waals surface area (Å²) in [6, 6.07) is 4.13. The van der Waals surface area contributed by atoms with Gasteiger partial charge in [0, 0.05) is 37.6 Å². The number of piperazine rings is 1. The van der Waals surface area contributed by atoms with E-state index in [4.69, 9.17) is 0 Å². The maximum absolute atomic E-state index is 13.8.